The lowest BCUT2D eigenvalue weighted by Gasteiger charge is -2.34. The van der Waals surface area contributed by atoms with Crippen LogP contribution in [0.4, 0.5) is 4.79 Å². The van der Waals surface area contributed by atoms with E-state index >= 15 is 0 Å². The molecule has 2 fully saturated rings. The van der Waals surface area contributed by atoms with E-state index in [1.165, 1.54) is 5.57 Å². The first kappa shape index (κ1) is 20.5. The minimum Gasteiger partial charge on any atom is -0.497 e. The van der Waals surface area contributed by atoms with E-state index in [2.05, 4.69) is 23.7 Å². The molecule has 1 aromatic carbocycles. The Bertz CT molecular complexity index is 698. The third-order valence-corrected chi connectivity index (χ3v) is 5.72. The van der Waals surface area contributed by atoms with E-state index in [0.29, 0.717) is 0 Å². The van der Waals surface area contributed by atoms with Crippen LogP contribution in [0.3, 0.4) is 0 Å². The summed E-state index contributed by atoms with van der Waals surface area (Å²) in [5.41, 5.74) is 2.24. The number of nitrogens with one attached hydrogen (secondary N) is 1. The maximum Gasteiger partial charge on any atom is 0.318 e. The SMILES string of the molecule is C=C(C)CN1CCC(NC(=O)N2CCCC2c2ccc(OC)cc2OC)CC1. The van der Waals surface area contributed by atoms with E-state index in [-0.39, 0.29) is 18.1 Å². The molecule has 0 saturated carbocycles. The Morgan fingerprint density at radius 2 is 1.93 bits per heavy atom. The zero-order chi connectivity index (χ0) is 20.1. The highest BCUT2D eigenvalue weighted by molar-refractivity contribution is 5.75. The molecule has 6 heteroatoms. The summed E-state index contributed by atoms with van der Waals surface area (Å²) in [5, 5.41) is 3.27. The fourth-order valence-corrected chi connectivity index (χ4v) is 4.30. The highest BCUT2D eigenvalue weighted by Crippen LogP contribution is 2.38. The van der Waals surface area contributed by atoms with Crippen LogP contribution < -0.4 is 14.8 Å². The molecule has 2 aliphatic rings. The maximum absolute atomic E-state index is 13.0. The van der Waals surface area contributed by atoms with Crippen LogP contribution in [0.5, 0.6) is 11.5 Å². The van der Waals surface area contributed by atoms with Gasteiger partial charge in [0.1, 0.15) is 11.5 Å². The molecule has 2 heterocycles. The van der Waals surface area contributed by atoms with Crippen LogP contribution >= 0.6 is 0 Å². The van der Waals surface area contributed by atoms with Crippen molar-refractivity contribution in [2.45, 2.75) is 44.7 Å². The van der Waals surface area contributed by atoms with Crippen molar-refractivity contribution in [1.29, 1.82) is 0 Å². The lowest BCUT2D eigenvalue weighted by Crippen LogP contribution is -2.49. The van der Waals surface area contributed by atoms with Crippen molar-refractivity contribution in [3.8, 4) is 11.5 Å². The lowest BCUT2D eigenvalue weighted by atomic mass is 10.0. The Morgan fingerprint density at radius 1 is 1.18 bits per heavy atom. The first-order valence-electron chi connectivity index (χ1n) is 10.2. The van der Waals surface area contributed by atoms with E-state index in [0.717, 1.165) is 68.9 Å². The zero-order valence-corrected chi connectivity index (χ0v) is 17.4. The molecule has 6 nitrogen and oxygen atoms in total. The van der Waals surface area contributed by atoms with Gasteiger partial charge in [0, 0.05) is 43.9 Å². The molecule has 2 aliphatic heterocycles. The number of hydrogen-bond donors (Lipinski definition) is 1. The van der Waals surface area contributed by atoms with E-state index in [9.17, 15) is 4.79 Å². The summed E-state index contributed by atoms with van der Waals surface area (Å²) < 4.78 is 10.9. The molecule has 1 N–H and O–H groups in total. The first-order valence-corrected chi connectivity index (χ1v) is 10.2. The fourth-order valence-electron chi connectivity index (χ4n) is 4.30. The number of piperidine rings is 1. The van der Waals surface area contributed by atoms with Crippen LogP contribution in [0.1, 0.15) is 44.2 Å². The number of nitrogens with zero attached hydrogens (tertiary/aromatic N) is 2. The predicted octanol–water partition coefficient (Wildman–Crippen LogP) is 3.59. The summed E-state index contributed by atoms with van der Waals surface area (Å²) >= 11 is 0. The van der Waals surface area contributed by atoms with Crippen molar-refractivity contribution < 1.29 is 14.3 Å². The molecule has 0 aliphatic carbocycles. The molecule has 0 bridgehead atoms. The summed E-state index contributed by atoms with van der Waals surface area (Å²) in [4.78, 5) is 17.4. The number of urea groups is 1. The summed E-state index contributed by atoms with van der Waals surface area (Å²) in [5.74, 6) is 1.54. The molecule has 2 saturated heterocycles. The van der Waals surface area contributed by atoms with E-state index in [1.807, 2.05) is 23.1 Å². The zero-order valence-electron chi connectivity index (χ0n) is 17.4. The monoisotopic (exact) mass is 387 g/mol. The van der Waals surface area contributed by atoms with Gasteiger partial charge >= 0.3 is 6.03 Å². The number of carbonyl (C=O) groups is 1. The lowest BCUT2D eigenvalue weighted by molar-refractivity contribution is 0.172. The van der Waals surface area contributed by atoms with Crippen molar-refractivity contribution in [3.63, 3.8) is 0 Å². The Morgan fingerprint density at radius 3 is 2.57 bits per heavy atom. The number of carbonyl (C=O) groups excluding carboxylic acids is 1. The van der Waals surface area contributed by atoms with Gasteiger partial charge in [0.2, 0.25) is 0 Å². The second-order valence-corrected chi connectivity index (χ2v) is 7.92. The molecular formula is C22H33N3O3. The Hall–Kier alpha value is -2.21. The van der Waals surface area contributed by atoms with Crippen molar-refractivity contribution in [3.05, 3.63) is 35.9 Å². The number of ether oxygens (including phenoxy) is 2. The number of methoxy groups -OCH3 is 2. The molecule has 154 valence electrons. The standard InChI is InChI=1S/C22H33N3O3/c1-16(2)15-24-12-9-17(10-13-24)23-22(26)25-11-5-6-20(25)19-8-7-18(27-3)14-21(19)28-4/h7-8,14,17,20H,1,5-6,9-13,15H2,2-4H3,(H,23,26). The highest BCUT2D eigenvalue weighted by Gasteiger charge is 2.33. The van der Waals surface area contributed by atoms with Gasteiger partial charge in [0.15, 0.2) is 0 Å². The van der Waals surface area contributed by atoms with Crippen molar-refractivity contribution in [1.82, 2.24) is 15.1 Å². The Kier molecular flexibility index (Phi) is 6.83. The van der Waals surface area contributed by atoms with Crippen LogP contribution in [0.15, 0.2) is 30.4 Å². The van der Waals surface area contributed by atoms with Crippen LogP contribution in [-0.2, 0) is 0 Å². The predicted molar refractivity (Wildman–Crippen MR) is 111 cm³/mol. The molecule has 28 heavy (non-hydrogen) atoms. The third-order valence-electron chi connectivity index (χ3n) is 5.72. The molecule has 1 unspecified atom stereocenters. The van der Waals surface area contributed by atoms with Crippen LogP contribution in [-0.4, -0.2) is 62.3 Å². The minimum atomic E-state index is 0.0405. The smallest absolute Gasteiger partial charge is 0.318 e. The van der Waals surface area contributed by atoms with Crippen LogP contribution in [0.2, 0.25) is 0 Å². The van der Waals surface area contributed by atoms with Gasteiger partial charge in [-0.3, -0.25) is 4.90 Å². The molecule has 0 spiro atoms. The molecule has 0 aromatic heterocycles. The van der Waals surface area contributed by atoms with Gasteiger partial charge in [0.05, 0.1) is 20.3 Å². The largest absolute Gasteiger partial charge is 0.497 e. The van der Waals surface area contributed by atoms with Crippen LogP contribution in [0.25, 0.3) is 0 Å². The first-order chi connectivity index (χ1) is 13.5. The number of rotatable bonds is 6. The normalized spacial score (nSPS) is 20.8. The van der Waals surface area contributed by atoms with Gasteiger partial charge in [-0.2, -0.15) is 0 Å². The summed E-state index contributed by atoms with van der Waals surface area (Å²) in [6.07, 6.45) is 3.93. The summed E-state index contributed by atoms with van der Waals surface area (Å²) in [6, 6.07) is 6.17. The van der Waals surface area contributed by atoms with Gasteiger partial charge < -0.3 is 19.7 Å². The second-order valence-electron chi connectivity index (χ2n) is 7.92. The summed E-state index contributed by atoms with van der Waals surface area (Å²) in [6.45, 7) is 9.80. The van der Waals surface area contributed by atoms with Crippen LogP contribution in [0, 0.1) is 0 Å². The quantitative estimate of drug-likeness (QED) is 0.758. The topological polar surface area (TPSA) is 54.0 Å². The van der Waals surface area contributed by atoms with E-state index in [4.69, 9.17) is 9.47 Å². The fraction of sp³-hybridized carbons (Fsp3) is 0.591. The number of likely N-dealkylation sites (tertiary alicyclic amines) is 2. The number of hydrogen-bond acceptors (Lipinski definition) is 4. The molecule has 3 rings (SSSR count). The Labute approximate surface area is 168 Å². The van der Waals surface area contributed by atoms with E-state index in [1.54, 1.807) is 14.2 Å². The highest BCUT2D eigenvalue weighted by atomic mass is 16.5. The average Bonchev–Trinajstić information content (AvgIpc) is 3.18. The summed E-state index contributed by atoms with van der Waals surface area (Å²) in [7, 11) is 3.31. The third kappa shape index (κ3) is 4.79. The van der Waals surface area contributed by atoms with Gasteiger partial charge in [0.25, 0.3) is 0 Å². The maximum atomic E-state index is 13.0. The van der Waals surface area contributed by atoms with Crippen molar-refractivity contribution >= 4 is 6.03 Å². The van der Waals surface area contributed by atoms with Gasteiger partial charge in [-0.05, 0) is 44.7 Å². The van der Waals surface area contributed by atoms with Gasteiger partial charge in [-0.25, -0.2) is 4.79 Å². The van der Waals surface area contributed by atoms with E-state index < -0.39 is 0 Å². The second kappa shape index (κ2) is 9.32. The molecular weight excluding hydrogens is 354 g/mol. The molecule has 0 radical (unpaired) electrons. The van der Waals surface area contributed by atoms with Gasteiger partial charge in [-0.1, -0.05) is 12.2 Å². The molecule has 2 amide bonds. The van der Waals surface area contributed by atoms with Crippen molar-refractivity contribution in [2.24, 2.45) is 0 Å². The van der Waals surface area contributed by atoms with Crippen molar-refractivity contribution in [2.75, 3.05) is 40.4 Å². The van der Waals surface area contributed by atoms with Gasteiger partial charge in [-0.15, -0.1) is 0 Å². The average molecular weight is 388 g/mol. The Balaban J connectivity index is 1.62. The molecule has 1 aromatic rings. The number of benzene rings is 1. The minimum absolute atomic E-state index is 0.0405. The molecule has 1 atom stereocenters. The number of amides is 2.